The summed E-state index contributed by atoms with van der Waals surface area (Å²) >= 11 is 6.06. The van der Waals surface area contributed by atoms with Crippen LogP contribution in [0.25, 0.3) is 5.76 Å². The highest BCUT2D eigenvalue weighted by molar-refractivity contribution is 6.46. The molecule has 1 heterocycles. The van der Waals surface area contributed by atoms with Gasteiger partial charge in [-0.2, -0.15) is 0 Å². The molecule has 6 nitrogen and oxygen atoms in total. The van der Waals surface area contributed by atoms with Crippen LogP contribution in [0, 0.1) is 5.92 Å². The van der Waals surface area contributed by atoms with Crippen LogP contribution in [-0.4, -0.2) is 60.4 Å². The molecule has 1 aliphatic heterocycles. The van der Waals surface area contributed by atoms with Crippen molar-refractivity contribution in [2.24, 2.45) is 5.92 Å². The van der Waals surface area contributed by atoms with Gasteiger partial charge in [0.1, 0.15) is 11.5 Å². The lowest BCUT2D eigenvalue weighted by molar-refractivity contribution is -0.139. The Bertz CT molecular complexity index is 1010. The second kappa shape index (κ2) is 10.9. The molecule has 1 amide bonds. The van der Waals surface area contributed by atoms with Gasteiger partial charge in [-0.05, 0) is 74.9 Å². The predicted octanol–water partition coefficient (Wildman–Crippen LogP) is 4.75. The van der Waals surface area contributed by atoms with Gasteiger partial charge < -0.3 is 19.6 Å². The molecule has 2 aromatic rings. The molecule has 1 saturated heterocycles. The van der Waals surface area contributed by atoms with Crippen LogP contribution >= 0.6 is 11.6 Å². The third-order valence-electron chi connectivity index (χ3n) is 5.44. The molecule has 7 heteroatoms. The van der Waals surface area contributed by atoms with E-state index in [1.807, 2.05) is 19.0 Å². The number of hydrogen-bond donors (Lipinski definition) is 1. The van der Waals surface area contributed by atoms with Crippen molar-refractivity contribution in [1.82, 2.24) is 9.80 Å². The maximum absolute atomic E-state index is 13.1. The number of hydrogen-bond acceptors (Lipinski definition) is 5. The van der Waals surface area contributed by atoms with Crippen molar-refractivity contribution in [3.05, 3.63) is 70.3 Å². The minimum absolute atomic E-state index is 0.0861. The maximum Gasteiger partial charge on any atom is 0.295 e. The zero-order valence-corrected chi connectivity index (χ0v) is 20.3. The lowest BCUT2D eigenvalue weighted by Crippen LogP contribution is -2.32. The van der Waals surface area contributed by atoms with Gasteiger partial charge in [-0.1, -0.05) is 37.6 Å². The van der Waals surface area contributed by atoms with E-state index in [0.29, 0.717) is 41.8 Å². The number of rotatable bonds is 9. The molecule has 2 aromatic carbocycles. The summed E-state index contributed by atoms with van der Waals surface area (Å²) < 4.78 is 5.70. The van der Waals surface area contributed by atoms with Crippen LogP contribution in [0.2, 0.25) is 5.02 Å². The monoisotopic (exact) mass is 470 g/mol. The van der Waals surface area contributed by atoms with Gasteiger partial charge in [-0.25, -0.2) is 0 Å². The Balaban J connectivity index is 1.99. The van der Waals surface area contributed by atoms with Crippen molar-refractivity contribution in [2.75, 3.05) is 33.8 Å². The highest BCUT2D eigenvalue weighted by Gasteiger charge is 2.45. The molecule has 0 aliphatic carbocycles. The van der Waals surface area contributed by atoms with Crippen molar-refractivity contribution in [3.63, 3.8) is 0 Å². The number of amides is 1. The topological polar surface area (TPSA) is 70.1 Å². The number of likely N-dealkylation sites (tertiary alicyclic amines) is 1. The van der Waals surface area contributed by atoms with E-state index < -0.39 is 17.7 Å². The first-order chi connectivity index (χ1) is 15.7. The Kier molecular flexibility index (Phi) is 8.16. The molecule has 1 atom stereocenters. The van der Waals surface area contributed by atoms with Crippen LogP contribution in [0.1, 0.15) is 37.4 Å². The van der Waals surface area contributed by atoms with Gasteiger partial charge in [0.05, 0.1) is 18.2 Å². The third-order valence-corrected chi connectivity index (χ3v) is 5.69. The summed E-state index contributed by atoms with van der Waals surface area (Å²) in [4.78, 5) is 29.6. The molecule has 0 saturated carbocycles. The SMILES string of the molecule is CC(C)COc1ccc(/C(O)=C2/C(=O)C(=O)N(CCCN(C)C)C2c2ccc(Cl)cc2)cc1. The zero-order chi connectivity index (χ0) is 24.1. The van der Waals surface area contributed by atoms with E-state index in [0.717, 1.165) is 12.1 Å². The number of aliphatic hydroxyl groups is 1. The Morgan fingerprint density at radius 2 is 1.73 bits per heavy atom. The molecular weight excluding hydrogens is 440 g/mol. The van der Waals surface area contributed by atoms with E-state index in [4.69, 9.17) is 16.3 Å². The highest BCUT2D eigenvalue weighted by Crippen LogP contribution is 2.39. The minimum Gasteiger partial charge on any atom is -0.507 e. The first-order valence-corrected chi connectivity index (χ1v) is 11.5. The van der Waals surface area contributed by atoms with Crippen LogP contribution < -0.4 is 4.74 Å². The zero-order valence-electron chi connectivity index (χ0n) is 19.5. The van der Waals surface area contributed by atoms with Gasteiger partial charge in [-0.3, -0.25) is 9.59 Å². The number of aliphatic hydroxyl groups excluding tert-OH is 1. The first-order valence-electron chi connectivity index (χ1n) is 11.1. The van der Waals surface area contributed by atoms with E-state index >= 15 is 0 Å². The van der Waals surface area contributed by atoms with Gasteiger partial charge in [0.2, 0.25) is 0 Å². The van der Waals surface area contributed by atoms with E-state index in [1.54, 1.807) is 53.4 Å². The second-order valence-electron chi connectivity index (χ2n) is 8.93. The van der Waals surface area contributed by atoms with Gasteiger partial charge in [0, 0.05) is 17.1 Å². The van der Waals surface area contributed by atoms with Crippen molar-refractivity contribution in [3.8, 4) is 5.75 Å². The smallest absolute Gasteiger partial charge is 0.295 e. The first kappa shape index (κ1) is 24.8. The predicted molar refractivity (Wildman–Crippen MR) is 130 cm³/mol. The summed E-state index contributed by atoms with van der Waals surface area (Å²) in [7, 11) is 3.92. The molecular formula is C26H31ClN2O4. The molecule has 1 unspecified atom stereocenters. The number of ketones is 1. The fourth-order valence-corrected chi connectivity index (χ4v) is 3.91. The quantitative estimate of drug-likeness (QED) is 0.325. The number of halogens is 1. The van der Waals surface area contributed by atoms with Crippen LogP contribution in [0.3, 0.4) is 0 Å². The number of carbonyl (C=O) groups excluding carboxylic acids is 2. The molecule has 3 rings (SSSR count). The molecule has 1 aliphatic rings. The second-order valence-corrected chi connectivity index (χ2v) is 9.37. The third kappa shape index (κ3) is 5.95. The summed E-state index contributed by atoms with van der Waals surface area (Å²) in [6, 6.07) is 13.2. The standard InChI is InChI=1S/C26H31ClN2O4/c1-17(2)16-33-21-12-8-19(9-13-21)24(30)22-23(18-6-10-20(27)11-7-18)29(26(32)25(22)31)15-5-14-28(3)4/h6-13,17,23,30H,5,14-16H2,1-4H3/b24-22-. The number of Topliss-reactive ketones (excluding diaryl/α,β-unsaturated/α-hetero) is 1. The normalized spacial score (nSPS) is 17.9. The Morgan fingerprint density at radius 1 is 1.09 bits per heavy atom. The van der Waals surface area contributed by atoms with Crippen LogP contribution in [-0.2, 0) is 9.59 Å². The maximum atomic E-state index is 13.1. The molecule has 0 aromatic heterocycles. The van der Waals surface area contributed by atoms with E-state index in [9.17, 15) is 14.7 Å². The fraction of sp³-hybridized carbons (Fsp3) is 0.385. The minimum atomic E-state index is -0.683. The number of nitrogens with zero attached hydrogens (tertiary/aromatic N) is 2. The highest BCUT2D eigenvalue weighted by atomic mass is 35.5. The average molecular weight is 471 g/mol. The van der Waals surface area contributed by atoms with Crippen molar-refractivity contribution >= 4 is 29.1 Å². The lowest BCUT2D eigenvalue weighted by atomic mass is 9.95. The Morgan fingerprint density at radius 3 is 2.30 bits per heavy atom. The van der Waals surface area contributed by atoms with Gasteiger partial charge >= 0.3 is 0 Å². The molecule has 1 N–H and O–H groups in total. The van der Waals surface area contributed by atoms with E-state index in [2.05, 4.69) is 13.8 Å². The average Bonchev–Trinajstić information content (AvgIpc) is 3.03. The summed E-state index contributed by atoms with van der Waals surface area (Å²) in [5.41, 5.74) is 1.27. The fourth-order valence-electron chi connectivity index (χ4n) is 3.79. The molecule has 0 spiro atoms. The molecule has 0 bridgehead atoms. The number of benzene rings is 2. The van der Waals surface area contributed by atoms with Crippen molar-refractivity contribution in [2.45, 2.75) is 26.3 Å². The van der Waals surface area contributed by atoms with Gasteiger partial charge in [-0.15, -0.1) is 0 Å². The van der Waals surface area contributed by atoms with Crippen molar-refractivity contribution in [1.29, 1.82) is 0 Å². The Hall–Kier alpha value is -2.83. The van der Waals surface area contributed by atoms with Crippen LogP contribution in [0.5, 0.6) is 5.75 Å². The summed E-state index contributed by atoms with van der Waals surface area (Å²) in [5.74, 6) is -0.414. The largest absolute Gasteiger partial charge is 0.507 e. The molecule has 33 heavy (non-hydrogen) atoms. The summed E-state index contributed by atoms with van der Waals surface area (Å²) in [6.07, 6.45) is 0.700. The lowest BCUT2D eigenvalue weighted by Gasteiger charge is -2.26. The number of ether oxygens (including phenoxy) is 1. The van der Waals surface area contributed by atoms with E-state index in [-0.39, 0.29) is 11.3 Å². The van der Waals surface area contributed by atoms with Crippen molar-refractivity contribution < 1.29 is 19.4 Å². The van der Waals surface area contributed by atoms with E-state index in [1.165, 1.54) is 0 Å². The van der Waals surface area contributed by atoms with Gasteiger partial charge in [0.25, 0.3) is 11.7 Å². The van der Waals surface area contributed by atoms with Gasteiger partial charge in [0.15, 0.2) is 0 Å². The van der Waals surface area contributed by atoms with Crippen LogP contribution in [0.15, 0.2) is 54.1 Å². The molecule has 1 fully saturated rings. The summed E-state index contributed by atoms with van der Waals surface area (Å²) in [6.45, 7) is 5.88. The molecule has 176 valence electrons. The van der Waals surface area contributed by atoms with Crippen LogP contribution in [0.4, 0.5) is 0 Å². The number of carbonyl (C=O) groups is 2. The Labute approximate surface area is 200 Å². The summed E-state index contributed by atoms with van der Waals surface area (Å²) in [5, 5.41) is 11.7. The molecule has 0 radical (unpaired) electrons.